The summed E-state index contributed by atoms with van der Waals surface area (Å²) in [5.41, 5.74) is 1.31. The van der Waals surface area contributed by atoms with Gasteiger partial charge >= 0.3 is 0 Å². The summed E-state index contributed by atoms with van der Waals surface area (Å²) in [6.45, 7) is 4.21. The molecule has 4 rings (SSSR count). The number of hydrogen-bond acceptors (Lipinski definition) is 5. The van der Waals surface area contributed by atoms with E-state index in [1.165, 1.54) is 10.7 Å². The number of nitrogens with zero attached hydrogens (tertiary/aromatic N) is 5. The third-order valence-corrected chi connectivity index (χ3v) is 4.75. The van der Waals surface area contributed by atoms with Crippen molar-refractivity contribution in [1.82, 2.24) is 29.5 Å². The molecule has 134 valence electrons. The van der Waals surface area contributed by atoms with Crippen molar-refractivity contribution in [3.8, 4) is 0 Å². The van der Waals surface area contributed by atoms with Crippen LogP contribution in [0, 0.1) is 0 Å². The summed E-state index contributed by atoms with van der Waals surface area (Å²) in [6, 6.07) is 6.90. The van der Waals surface area contributed by atoms with Gasteiger partial charge in [0.25, 0.3) is 11.5 Å². The number of carbonyl (C=O) groups excluding carboxylic acids is 1. The van der Waals surface area contributed by atoms with Crippen molar-refractivity contribution in [2.24, 2.45) is 0 Å². The summed E-state index contributed by atoms with van der Waals surface area (Å²) >= 11 is 0. The number of aromatic amines is 1. The number of amides is 1. The van der Waals surface area contributed by atoms with E-state index in [0.29, 0.717) is 25.2 Å². The summed E-state index contributed by atoms with van der Waals surface area (Å²) in [5, 5.41) is 4.93. The van der Waals surface area contributed by atoms with Crippen molar-refractivity contribution in [3.63, 3.8) is 0 Å². The summed E-state index contributed by atoms with van der Waals surface area (Å²) in [5.74, 6) is 0.0323. The number of pyridine rings is 1. The van der Waals surface area contributed by atoms with Gasteiger partial charge in [0.15, 0.2) is 0 Å². The van der Waals surface area contributed by atoms with Crippen molar-refractivity contribution >= 4 is 16.9 Å². The predicted octanol–water partition coefficient (Wildman–Crippen LogP) is 0.578. The van der Waals surface area contributed by atoms with Crippen molar-refractivity contribution in [1.29, 1.82) is 0 Å². The molecule has 0 aliphatic carbocycles. The zero-order valence-corrected chi connectivity index (χ0v) is 14.3. The van der Waals surface area contributed by atoms with Crippen LogP contribution in [-0.4, -0.2) is 68.2 Å². The lowest BCUT2D eigenvalue weighted by Gasteiger charge is -2.34. The molecule has 0 bridgehead atoms. The Hall–Kier alpha value is -3.00. The maximum atomic E-state index is 12.8. The summed E-state index contributed by atoms with van der Waals surface area (Å²) < 4.78 is 1.47. The molecule has 0 saturated carbocycles. The van der Waals surface area contributed by atoms with Gasteiger partial charge in [-0.1, -0.05) is 0 Å². The van der Waals surface area contributed by atoms with E-state index in [0.717, 1.165) is 30.7 Å². The summed E-state index contributed by atoms with van der Waals surface area (Å²) in [7, 11) is 0. The Kier molecular flexibility index (Phi) is 4.49. The van der Waals surface area contributed by atoms with E-state index in [9.17, 15) is 9.59 Å². The van der Waals surface area contributed by atoms with Crippen molar-refractivity contribution in [3.05, 3.63) is 58.8 Å². The lowest BCUT2D eigenvalue weighted by molar-refractivity contribution is 0.0633. The summed E-state index contributed by atoms with van der Waals surface area (Å²) in [4.78, 5) is 35.9. The molecule has 0 spiro atoms. The van der Waals surface area contributed by atoms with Crippen LogP contribution in [0.25, 0.3) is 11.0 Å². The van der Waals surface area contributed by atoms with Crippen LogP contribution in [0.2, 0.25) is 0 Å². The first-order valence-electron chi connectivity index (χ1n) is 8.68. The molecule has 3 aromatic rings. The minimum absolute atomic E-state index is 0.0323. The van der Waals surface area contributed by atoms with Crippen molar-refractivity contribution in [2.75, 3.05) is 32.7 Å². The van der Waals surface area contributed by atoms with Gasteiger partial charge < -0.3 is 9.88 Å². The van der Waals surface area contributed by atoms with Crippen LogP contribution < -0.4 is 5.56 Å². The van der Waals surface area contributed by atoms with Crippen LogP contribution in [0.5, 0.6) is 0 Å². The second-order valence-corrected chi connectivity index (χ2v) is 6.32. The van der Waals surface area contributed by atoms with Gasteiger partial charge in [-0.15, -0.1) is 0 Å². The first kappa shape index (κ1) is 16.5. The fraction of sp³-hybridized carbons (Fsp3) is 0.333. The average molecular weight is 352 g/mol. The number of carbonyl (C=O) groups is 1. The molecule has 1 saturated heterocycles. The van der Waals surface area contributed by atoms with E-state index in [1.54, 1.807) is 24.7 Å². The lowest BCUT2D eigenvalue weighted by atomic mass is 10.2. The number of H-pyrrole nitrogens is 1. The molecule has 1 N–H and O–H groups in total. The normalized spacial score (nSPS) is 15.5. The maximum absolute atomic E-state index is 12.8. The fourth-order valence-electron chi connectivity index (χ4n) is 3.27. The highest BCUT2D eigenvalue weighted by Gasteiger charge is 2.24. The van der Waals surface area contributed by atoms with Gasteiger partial charge in [0.1, 0.15) is 5.65 Å². The number of fused-ring (bicyclic) bond motifs is 1. The molecule has 1 aliphatic rings. The second kappa shape index (κ2) is 7.09. The SMILES string of the molecule is O=C(c1c[nH]c2ncccc12)N1CCN(CCn2ncccc2=O)CC1. The average Bonchev–Trinajstić information content (AvgIpc) is 3.11. The zero-order chi connectivity index (χ0) is 17.9. The first-order valence-corrected chi connectivity index (χ1v) is 8.68. The zero-order valence-electron chi connectivity index (χ0n) is 14.3. The first-order chi connectivity index (χ1) is 12.7. The minimum atomic E-state index is -0.0886. The minimum Gasteiger partial charge on any atom is -0.345 e. The van der Waals surface area contributed by atoms with Crippen LogP contribution in [0.15, 0.2) is 47.7 Å². The maximum Gasteiger partial charge on any atom is 0.266 e. The molecule has 3 aromatic heterocycles. The molecule has 0 radical (unpaired) electrons. The molecule has 1 amide bonds. The van der Waals surface area contributed by atoms with Crippen molar-refractivity contribution in [2.45, 2.75) is 6.54 Å². The number of nitrogens with one attached hydrogen (secondary N) is 1. The van der Waals surface area contributed by atoms with E-state index < -0.39 is 0 Å². The van der Waals surface area contributed by atoms with E-state index in [1.807, 2.05) is 17.0 Å². The van der Waals surface area contributed by atoms with Crippen LogP contribution >= 0.6 is 0 Å². The Bertz CT molecular complexity index is 971. The molecule has 26 heavy (non-hydrogen) atoms. The smallest absolute Gasteiger partial charge is 0.266 e. The monoisotopic (exact) mass is 352 g/mol. The molecule has 8 nitrogen and oxygen atoms in total. The Morgan fingerprint density at radius 3 is 2.69 bits per heavy atom. The molecular formula is C18H20N6O2. The Labute approximate surface area is 150 Å². The number of hydrogen-bond donors (Lipinski definition) is 1. The second-order valence-electron chi connectivity index (χ2n) is 6.32. The molecule has 1 fully saturated rings. The molecular weight excluding hydrogens is 332 g/mol. The van der Waals surface area contributed by atoms with Crippen LogP contribution in [0.1, 0.15) is 10.4 Å². The van der Waals surface area contributed by atoms with Gasteiger partial charge in [0, 0.05) is 62.8 Å². The molecule has 4 heterocycles. The summed E-state index contributed by atoms with van der Waals surface area (Å²) in [6.07, 6.45) is 5.06. The highest BCUT2D eigenvalue weighted by Crippen LogP contribution is 2.18. The predicted molar refractivity (Wildman–Crippen MR) is 96.9 cm³/mol. The fourth-order valence-corrected chi connectivity index (χ4v) is 3.27. The highest BCUT2D eigenvalue weighted by molar-refractivity contribution is 6.05. The van der Waals surface area contributed by atoms with Crippen LogP contribution in [0.4, 0.5) is 0 Å². The molecule has 0 unspecified atom stereocenters. The van der Waals surface area contributed by atoms with Gasteiger partial charge in [-0.3, -0.25) is 14.5 Å². The van der Waals surface area contributed by atoms with E-state index in [-0.39, 0.29) is 11.5 Å². The third-order valence-electron chi connectivity index (χ3n) is 4.75. The Morgan fingerprint density at radius 2 is 1.88 bits per heavy atom. The largest absolute Gasteiger partial charge is 0.345 e. The molecule has 8 heteroatoms. The van der Waals surface area contributed by atoms with Crippen molar-refractivity contribution < 1.29 is 4.79 Å². The molecule has 0 aromatic carbocycles. The Morgan fingerprint density at radius 1 is 1.08 bits per heavy atom. The van der Waals surface area contributed by atoms with Gasteiger partial charge in [0.2, 0.25) is 0 Å². The van der Waals surface area contributed by atoms with Gasteiger partial charge in [-0.05, 0) is 18.2 Å². The van der Waals surface area contributed by atoms with E-state index >= 15 is 0 Å². The quantitative estimate of drug-likeness (QED) is 0.742. The van der Waals surface area contributed by atoms with Gasteiger partial charge in [-0.25, -0.2) is 9.67 Å². The van der Waals surface area contributed by atoms with Crippen LogP contribution in [-0.2, 0) is 6.54 Å². The van der Waals surface area contributed by atoms with Crippen LogP contribution in [0.3, 0.4) is 0 Å². The highest BCUT2D eigenvalue weighted by atomic mass is 16.2. The van der Waals surface area contributed by atoms with Gasteiger partial charge in [0.05, 0.1) is 12.1 Å². The Balaban J connectivity index is 1.35. The number of piperazine rings is 1. The molecule has 0 atom stereocenters. The molecule has 1 aliphatic heterocycles. The number of rotatable bonds is 4. The van der Waals surface area contributed by atoms with E-state index in [2.05, 4.69) is 20.0 Å². The number of aromatic nitrogens is 4. The topological polar surface area (TPSA) is 87.1 Å². The standard InChI is InChI=1S/C18H20N6O2/c25-16-4-2-6-21-24(16)12-9-22-7-10-23(11-8-22)18(26)15-13-20-17-14(15)3-1-5-19-17/h1-6,13H,7-12H2,(H,19,20). The van der Waals surface area contributed by atoms with Gasteiger partial charge in [-0.2, -0.15) is 5.10 Å². The third kappa shape index (κ3) is 3.23. The van der Waals surface area contributed by atoms with E-state index in [4.69, 9.17) is 0 Å². The lowest BCUT2D eigenvalue weighted by Crippen LogP contribution is -2.49.